The van der Waals surface area contributed by atoms with Crippen LogP contribution in [-0.2, 0) is 24.3 Å². The molecule has 7 heteroatoms. The zero-order chi connectivity index (χ0) is 15.3. The number of hydrogen-bond donors (Lipinski definition) is 1. The van der Waals surface area contributed by atoms with Crippen LogP contribution in [0.4, 0.5) is 0 Å². The molecule has 1 aliphatic rings. The van der Waals surface area contributed by atoms with Crippen molar-refractivity contribution in [2.45, 2.75) is 24.7 Å². The molecule has 0 spiro atoms. The number of benzene rings is 1. The van der Waals surface area contributed by atoms with Crippen LogP contribution >= 0.6 is 0 Å². The van der Waals surface area contributed by atoms with Gasteiger partial charge >= 0.3 is 5.97 Å². The Bertz CT molecular complexity index is 576. The standard InChI is InChI=1S/C14H19NO5S/c1-11-2-4-13(5-3-11)21(17,18)15-10-20-14(16)12-6-8-19-9-7-12/h2-5,12,15H,6-10H2,1H3. The molecule has 0 aliphatic carbocycles. The summed E-state index contributed by atoms with van der Waals surface area (Å²) in [6.45, 7) is 2.59. The Morgan fingerprint density at radius 1 is 1.29 bits per heavy atom. The van der Waals surface area contributed by atoms with Gasteiger partial charge in [0.15, 0.2) is 6.73 Å². The Morgan fingerprint density at radius 3 is 2.52 bits per heavy atom. The predicted octanol–water partition coefficient (Wildman–Crippen LogP) is 1.20. The first kappa shape index (κ1) is 15.9. The van der Waals surface area contributed by atoms with Gasteiger partial charge in [0.25, 0.3) is 0 Å². The van der Waals surface area contributed by atoms with Gasteiger partial charge in [-0.05, 0) is 31.9 Å². The Kier molecular flexibility index (Phi) is 5.33. The molecular formula is C14H19NO5S. The number of hydrogen-bond acceptors (Lipinski definition) is 5. The summed E-state index contributed by atoms with van der Waals surface area (Å²) in [5.41, 5.74) is 0.972. The molecule has 6 nitrogen and oxygen atoms in total. The van der Waals surface area contributed by atoms with Crippen LogP contribution in [0.3, 0.4) is 0 Å². The van der Waals surface area contributed by atoms with Gasteiger partial charge in [-0.25, -0.2) is 8.42 Å². The second-order valence-corrected chi connectivity index (χ2v) is 6.72. The van der Waals surface area contributed by atoms with E-state index in [0.29, 0.717) is 26.1 Å². The molecule has 0 saturated carbocycles. The molecule has 0 bridgehead atoms. The van der Waals surface area contributed by atoms with Crippen molar-refractivity contribution >= 4 is 16.0 Å². The van der Waals surface area contributed by atoms with E-state index < -0.39 is 10.0 Å². The molecule has 0 atom stereocenters. The lowest BCUT2D eigenvalue weighted by atomic mass is 10.0. The summed E-state index contributed by atoms with van der Waals surface area (Å²) in [6, 6.07) is 6.45. The topological polar surface area (TPSA) is 81.7 Å². The van der Waals surface area contributed by atoms with E-state index in [1.54, 1.807) is 12.1 Å². The Morgan fingerprint density at radius 2 is 1.90 bits per heavy atom. The summed E-state index contributed by atoms with van der Waals surface area (Å²) in [5.74, 6) is -0.590. The third-order valence-electron chi connectivity index (χ3n) is 3.35. The summed E-state index contributed by atoms with van der Waals surface area (Å²) < 4.78 is 36.4. The normalized spacial score (nSPS) is 16.6. The van der Waals surface area contributed by atoms with Crippen molar-refractivity contribution in [2.75, 3.05) is 19.9 Å². The van der Waals surface area contributed by atoms with Crippen molar-refractivity contribution in [3.8, 4) is 0 Å². The Hall–Kier alpha value is -1.44. The number of nitrogens with one attached hydrogen (secondary N) is 1. The zero-order valence-electron chi connectivity index (χ0n) is 11.9. The highest BCUT2D eigenvalue weighted by atomic mass is 32.2. The monoisotopic (exact) mass is 313 g/mol. The molecule has 1 aromatic carbocycles. The van der Waals surface area contributed by atoms with Gasteiger partial charge < -0.3 is 9.47 Å². The minimum absolute atomic E-state index is 0.148. The lowest BCUT2D eigenvalue weighted by Crippen LogP contribution is -2.31. The number of ether oxygens (including phenoxy) is 2. The summed E-state index contributed by atoms with van der Waals surface area (Å²) in [7, 11) is -3.66. The third kappa shape index (κ3) is 4.52. The molecule has 0 aromatic heterocycles. The number of esters is 1. The minimum Gasteiger partial charge on any atom is -0.448 e. The van der Waals surface area contributed by atoms with E-state index in [1.165, 1.54) is 12.1 Å². The van der Waals surface area contributed by atoms with E-state index in [4.69, 9.17) is 9.47 Å². The van der Waals surface area contributed by atoms with Crippen LogP contribution in [0.25, 0.3) is 0 Å². The molecule has 0 radical (unpaired) electrons. The summed E-state index contributed by atoms with van der Waals surface area (Å²) in [4.78, 5) is 11.9. The number of sulfonamides is 1. The van der Waals surface area contributed by atoms with Gasteiger partial charge in [-0.15, -0.1) is 0 Å². The van der Waals surface area contributed by atoms with Gasteiger partial charge in [-0.2, -0.15) is 4.72 Å². The first-order chi connectivity index (χ1) is 9.99. The molecular weight excluding hydrogens is 294 g/mol. The largest absolute Gasteiger partial charge is 0.448 e. The molecule has 1 fully saturated rings. The molecule has 116 valence electrons. The molecule has 2 rings (SSSR count). The number of aryl methyl sites for hydroxylation is 1. The molecule has 1 N–H and O–H groups in total. The Balaban J connectivity index is 1.84. The smallest absolute Gasteiger partial charge is 0.310 e. The van der Waals surface area contributed by atoms with Crippen LogP contribution in [0, 0.1) is 12.8 Å². The second kappa shape index (κ2) is 7.02. The van der Waals surface area contributed by atoms with Gasteiger partial charge in [-0.3, -0.25) is 4.79 Å². The van der Waals surface area contributed by atoms with Gasteiger partial charge in [0.05, 0.1) is 10.8 Å². The average molecular weight is 313 g/mol. The summed E-state index contributed by atoms with van der Waals surface area (Å²) >= 11 is 0. The maximum atomic E-state index is 12.0. The van der Waals surface area contributed by atoms with Gasteiger partial charge in [-0.1, -0.05) is 17.7 Å². The van der Waals surface area contributed by atoms with Crippen molar-refractivity contribution in [1.82, 2.24) is 4.72 Å². The first-order valence-corrected chi connectivity index (χ1v) is 8.28. The quantitative estimate of drug-likeness (QED) is 0.652. The van der Waals surface area contributed by atoms with E-state index in [2.05, 4.69) is 4.72 Å². The molecule has 0 amide bonds. The molecule has 21 heavy (non-hydrogen) atoms. The molecule has 0 unspecified atom stereocenters. The molecule has 1 saturated heterocycles. The predicted molar refractivity (Wildman–Crippen MR) is 76.0 cm³/mol. The molecule has 1 aromatic rings. The van der Waals surface area contributed by atoms with Gasteiger partial charge in [0.2, 0.25) is 10.0 Å². The second-order valence-electron chi connectivity index (χ2n) is 4.96. The lowest BCUT2D eigenvalue weighted by molar-refractivity contribution is -0.151. The highest BCUT2D eigenvalue weighted by Gasteiger charge is 2.23. The fraction of sp³-hybridized carbons (Fsp3) is 0.500. The SMILES string of the molecule is Cc1ccc(S(=O)(=O)NCOC(=O)C2CCOCC2)cc1. The third-order valence-corrected chi connectivity index (χ3v) is 4.74. The van der Waals surface area contributed by atoms with Crippen LogP contribution in [-0.4, -0.2) is 34.3 Å². The number of carbonyl (C=O) groups excluding carboxylic acids is 1. The van der Waals surface area contributed by atoms with E-state index >= 15 is 0 Å². The average Bonchev–Trinajstić information content (AvgIpc) is 2.48. The van der Waals surface area contributed by atoms with E-state index in [1.807, 2.05) is 6.92 Å². The van der Waals surface area contributed by atoms with Crippen LogP contribution in [0.2, 0.25) is 0 Å². The fourth-order valence-corrected chi connectivity index (χ4v) is 2.91. The van der Waals surface area contributed by atoms with Gasteiger partial charge in [0, 0.05) is 13.2 Å². The van der Waals surface area contributed by atoms with Crippen molar-refractivity contribution in [3.05, 3.63) is 29.8 Å². The van der Waals surface area contributed by atoms with Crippen molar-refractivity contribution in [1.29, 1.82) is 0 Å². The fourth-order valence-electron chi connectivity index (χ4n) is 2.03. The molecule has 1 heterocycles. The maximum Gasteiger partial charge on any atom is 0.310 e. The van der Waals surface area contributed by atoms with Crippen LogP contribution < -0.4 is 4.72 Å². The van der Waals surface area contributed by atoms with E-state index in [0.717, 1.165) is 5.56 Å². The van der Waals surface area contributed by atoms with E-state index in [9.17, 15) is 13.2 Å². The molecule has 1 aliphatic heterocycles. The number of carbonyl (C=O) groups is 1. The highest BCUT2D eigenvalue weighted by molar-refractivity contribution is 7.89. The summed E-state index contributed by atoms with van der Waals surface area (Å²) in [6.07, 6.45) is 1.23. The van der Waals surface area contributed by atoms with Gasteiger partial charge in [0.1, 0.15) is 0 Å². The maximum absolute atomic E-state index is 12.0. The zero-order valence-corrected chi connectivity index (χ0v) is 12.7. The number of rotatable bonds is 5. The van der Waals surface area contributed by atoms with Crippen LogP contribution in [0.15, 0.2) is 29.2 Å². The Labute approximate surface area is 124 Å². The lowest BCUT2D eigenvalue weighted by Gasteiger charge is -2.20. The van der Waals surface area contributed by atoms with Crippen molar-refractivity contribution in [3.63, 3.8) is 0 Å². The minimum atomic E-state index is -3.66. The summed E-state index contributed by atoms with van der Waals surface area (Å²) in [5, 5.41) is 0. The van der Waals surface area contributed by atoms with Crippen LogP contribution in [0.1, 0.15) is 18.4 Å². The first-order valence-electron chi connectivity index (χ1n) is 6.80. The van der Waals surface area contributed by atoms with E-state index in [-0.39, 0.29) is 23.5 Å². The van der Waals surface area contributed by atoms with Crippen molar-refractivity contribution < 1.29 is 22.7 Å². The highest BCUT2D eigenvalue weighted by Crippen LogP contribution is 2.16. The van der Waals surface area contributed by atoms with Crippen molar-refractivity contribution in [2.24, 2.45) is 5.92 Å². The van der Waals surface area contributed by atoms with Crippen LogP contribution in [0.5, 0.6) is 0 Å².